The topological polar surface area (TPSA) is 83.0 Å². The van der Waals surface area contributed by atoms with Gasteiger partial charge in [0.15, 0.2) is 0 Å². The third-order valence-electron chi connectivity index (χ3n) is 2.25. The van der Waals surface area contributed by atoms with Crippen molar-refractivity contribution in [3.63, 3.8) is 0 Å². The Balaban J connectivity index is 2.76. The van der Waals surface area contributed by atoms with Gasteiger partial charge in [0.25, 0.3) is 0 Å². The second-order valence-corrected chi connectivity index (χ2v) is 3.14. The largest absolute Gasteiger partial charge is 0.328 e. The van der Waals surface area contributed by atoms with E-state index in [4.69, 9.17) is 0 Å². The molecule has 3 aromatic rings. The molecule has 6 nitrogen and oxygen atoms in total. The first-order chi connectivity index (χ1) is 7.27. The van der Waals surface area contributed by atoms with Crippen molar-refractivity contribution in [2.75, 3.05) is 0 Å². The number of benzene rings is 1. The predicted molar refractivity (Wildman–Crippen MR) is 53.9 cm³/mol. The second kappa shape index (κ2) is 2.57. The summed E-state index contributed by atoms with van der Waals surface area (Å²) in [6.07, 6.45) is 0. The van der Waals surface area contributed by atoms with E-state index in [1.165, 1.54) is 4.40 Å². The normalized spacial score (nSPS) is 11.2. The van der Waals surface area contributed by atoms with Crippen LogP contribution in [0, 0.1) is 0 Å². The Kier molecular flexibility index (Phi) is 1.37. The second-order valence-electron chi connectivity index (χ2n) is 3.14. The zero-order chi connectivity index (χ0) is 10.4. The summed E-state index contributed by atoms with van der Waals surface area (Å²) >= 11 is 0. The van der Waals surface area contributed by atoms with Crippen LogP contribution in [-0.2, 0) is 0 Å². The van der Waals surface area contributed by atoms with Gasteiger partial charge in [-0.05, 0) is 12.1 Å². The molecule has 0 unspecified atom stereocenters. The fourth-order valence-electron chi connectivity index (χ4n) is 1.58. The fourth-order valence-corrected chi connectivity index (χ4v) is 1.58. The van der Waals surface area contributed by atoms with Crippen molar-refractivity contribution in [1.82, 2.24) is 19.6 Å². The first-order valence-electron chi connectivity index (χ1n) is 4.35. The lowest BCUT2D eigenvalue weighted by Gasteiger charge is -1.91. The predicted octanol–water partition coefficient (Wildman–Crippen LogP) is -0.136. The van der Waals surface area contributed by atoms with Crippen LogP contribution in [0.2, 0.25) is 0 Å². The zero-order valence-electron chi connectivity index (χ0n) is 7.52. The Morgan fingerprint density at radius 2 is 1.93 bits per heavy atom. The maximum absolute atomic E-state index is 11.6. The molecule has 3 rings (SSSR count). The Hall–Kier alpha value is -2.37. The Bertz CT molecular complexity index is 765. The number of nitrogens with zero attached hydrogens (tertiary/aromatic N) is 2. The van der Waals surface area contributed by atoms with Gasteiger partial charge in [0, 0.05) is 0 Å². The van der Waals surface area contributed by atoms with Crippen molar-refractivity contribution < 1.29 is 0 Å². The average molecular weight is 202 g/mol. The molecule has 0 bridgehead atoms. The lowest BCUT2D eigenvalue weighted by molar-refractivity contribution is 0.905. The highest BCUT2D eigenvalue weighted by molar-refractivity contribution is 5.78. The van der Waals surface area contributed by atoms with Crippen LogP contribution in [-0.4, -0.2) is 19.6 Å². The fraction of sp³-hybridized carbons (Fsp3) is 0. The molecule has 0 aliphatic rings. The van der Waals surface area contributed by atoms with E-state index in [0.29, 0.717) is 16.8 Å². The molecule has 2 aromatic heterocycles. The number of rotatable bonds is 0. The quantitative estimate of drug-likeness (QED) is 0.498. The van der Waals surface area contributed by atoms with E-state index in [9.17, 15) is 9.59 Å². The molecule has 2 heterocycles. The number of para-hydroxylation sites is 2. The van der Waals surface area contributed by atoms with Crippen molar-refractivity contribution >= 4 is 16.8 Å². The monoisotopic (exact) mass is 202 g/mol. The number of aromatic nitrogens is 4. The van der Waals surface area contributed by atoms with Gasteiger partial charge in [-0.1, -0.05) is 12.1 Å². The van der Waals surface area contributed by atoms with Crippen LogP contribution in [0.15, 0.2) is 33.9 Å². The molecule has 6 heteroatoms. The van der Waals surface area contributed by atoms with Crippen molar-refractivity contribution in [3.05, 3.63) is 45.0 Å². The molecule has 2 N–H and O–H groups in total. The Labute approximate surface area is 82.2 Å². The minimum Gasteiger partial charge on any atom is -0.266 e. The van der Waals surface area contributed by atoms with Crippen molar-refractivity contribution in [1.29, 1.82) is 0 Å². The number of H-pyrrole nitrogens is 2. The highest BCUT2D eigenvalue weighted by atomic mass is 16.2. The molecular formula is C9H6N4O2. The van der Waals surface area contributed by atoms with E-state index in [1.54, 1.807) is 18.2 Å². The summed E-state index contributed by atoms with van der Waals surface area (Å²) in [7, 11) is 0. The van der Waals surface area contributed by atoms with Crippen molar-refractivity contribution in [2.24, 2.45) is 0 Å². The van der Waals surface area contributed by atoms with E-state index in [2.05, 4.69) is 15.2 Å². The molecule has 0 saturated carbocycles. The summed E-state index contributed by atoms with van der Waals surface area (Å²) in [6, 6.07) is 7.13. The first-order valence-corrected chi connectivity index (χ1v) is 4.35. The smallest absolute Gasteiger partial charge is 0.266 e. The molecule has 0 spiro atoms. The summed E-state index contributed by atoms with van der Waals surface area (Å²) in [6.45, 7) is 0. The molecular weight excluding hydrogens is 196 g/mol. The summed E-state index contributed by atoms with van der Waals surface area (Å²) in [5, 5.41) is 4.79. The summed E-state index contributed by atoms with van der Waals surface area (Å²) < 4.78 is 1.26. The molecule has 0 aliphatic carbocycles. The van der Waals surface area contributed by atoms with Crippen LogP contribution in [0.1, 0.15) is 0 Å². The molecule has 1 aromatic carbocycles. The van der Waals surface area contributed by atoms with Crippen LogP contribution in [0.5, 0.6) is 0 Å². The Morgan fingerprint density at radius 1 is 1.13 bits per heavy atom. The van der Waals surface area contributed by atoms with Gasteiger partial charge < -0.3 is 0 Å². The number of nitrogens with one attached hydrogen (secondary N) is 2. The maximum atomic E-state index is 11.6. The number of aromatic amines is 2. The molecule has 15 heavy (non-hydrogen) atoms. The minimum atomic E-state index is -0.689. The van der Waals surface area contributed by atoms with Gasteiger partial charge in [0.2, 0.25) is 5.78 Å². The highest BCUT2D eigenvalue weighted by Gasteiger charge is 2.07. The SMILES string of the molecule is O=c1[nH][nH]c2nc3ccccc3n2c1=O. The van der Waals surface area contributed by atoms with Crippen LogP contribution in [0.25, 0.3) is 16.8 Å². The van der Waals surface area contributed by atoms with Crippen LogP contribution >= 0.6 is 0 Å². The number of hydrogen-bond donors (Lipinski definition) is 2. The van der Waals surface area contributed by atoms with Crippen LogP contribution < -0.4 is 11.1 Å². The third-order valence-corrected chi connectivity index (χ3v) is 2.25. The number of fused-ring (bicyclic) bond motifs is 3. The Morgan fingerprint density at radius 3 is 2.80 bits per heavy atom. The van der Waals surface area contributed by atoms with Crippen molar-refractivity contribution in [2.45, 2.75) is 0 Å². The summed E-state index contributed by atoms with van der Waals surface area (Å²) in [5.41, 5.74) is -0.0206. The first kappa shape index (κ1) is 7.98. The number of imidazole rings is 1. The van der Waals surface area contributed by atoms with E-state index in [-0.39, 0.29) is 0 Å². The van der Waals surface area contributed by atoms with E-state index >= 15 is 0 Å². The van der Waals surface area contributed by atoms with Gasteiger partial charge in [-0.2, -0.15) is 0 Å². The average Bonchev–Trinajstić information content (AvgIpc) is 2.62. The molecule has 0 saturated heterocycles. The zero-order valence-corrected chi connectivity index (χ0v) is 7.52. The van der Waals surface area contributed by atoms with Crippen LogP contribution in [0.4, 0.5) is 0 Å². The van der Waals surface area contributed by atoms with Gasteiger partial charge in [0.1, 0.15) is 0 Å². The standard InChI is InChI=1S/C9H6N4O2/c14-7-8(15)13-6-4-2-1-3-5(6)10-9(13)12-11-7/h1-4H,(H,10,12)(H,11,14). The van der Waals surface area contributed by atoms with Gasteiger partial charge >= 0.3 is 11.1 Å². The number of hydrogen-bond acceptors (Lipinski definition) is 3. The molecule has 0 amide bonds. The molecule has 0 radical (unpaired) electrons. The lowest BCUT2D eigenvalue weighted by atomic mass is 10.3. The van der Waals surface area contributed by atoms with E-state index in [0.717, 1.165) is 0 Å². The van der Waals surface area contributed by atoms with Crippen molar-refractivity contribution in [3.8, 4) is 0 Å². The highest BCUT2D eigenvalue weighted by Crippen LogP contribution is 2.10. The third kappa shape index (κ3) is 0.954. The lowest BCUT2D eigenvalue weighted by Crippen LogP contribution is -2.33. The van der Waals surface area contributed by atoms with Crippen LogP contribution in [0.3, 0.4) is 0 Å². The summed E-state index contributed by atoms with van der Waals surface area (Å²) in [5.74, 6) is 0.334. The van der Waals surface area contributed by atoms with Gasteiger partial charge in [0.05, 0.1) is 11.0 Å². The molecule has 74 valence electrons. The van der Waals surface area contributed by atoms with E-state index < -0.39 is 11.1 Å². The minimum absolute atomic E-state index is 0.334. The summed E-state index contributed by atoms with van der Waals surface area (Å²) in [4.78, 5) is 26.8. The van der Waals surface area contributed by atoms with Gasteiger partial charge in [-0.25, -0.2) is 9.38 Å². The van der Waals surface area contributed by atoms with Gasteiger partial charge in [-0.3, -0.25) is 19.8 Å². The maximum Gasteiger partial charge on any atom is 0.328 e. The molecule has 0 atom stereocenters. The molecule has 0 fully saturated rings. The molecule has 0 aliphatic heterocycles. The van der Waals surface area contributed by atoms with Gasteiger partial charge in [-0.15, -0.1) is 0 Å². The van der Waals surface area contributed by atoms with E-state index in [1.807, 2.05) is 6.07 Å².